The molecule has 0 bridgehead atoms. The summed E-state index contributed by atoms with van der Waals surface area (Å²) >= 11 is 0. The van der Waals surface area contributed by atoms with E-state index in [4.69, 9.17) is 4.74 Å². The van der Waals surface area contributed by atoms with Crippen LogP contribution in [0.25, 0.3) is 11.1 Å². The van der Waals surface area contributed by atoms with E-state index in [1.54, 1.807) is 36.4 Å². The van der Waals surface area contributed by atoms with Crippen LogP contribution in [0.3, 0.4) is 0 Å². The molecule has 0 saturated carbocycles. The fraction of sp³-hybridized carbons (Fsp3) is 0.316. The summed E-state index contributed by atoms with van der Waals surface area (Å²) in [6.45, 7) is 2.34. The highest BCUT2D eigenvalue weighted by Crippen LogP contribution is 2.29. The zero-order valence-electron chi connectivity index (χ0n) is 14.6. The van der Waals surface area contributed by atoms with Crippen molar-refractivity contribution in [2.24, 2.45) is 0 Å². The van der Waals surface area contributed by atoms with Gasteiger partial charge in [0.1, 0.15) is 11.9 Å². The molecule has 0 aliphatic carbocycles. The molecule has 5 nitrogen and oxygen atoms in total. The summed E-state index contributed by atoms with van der Waals surface area (Å²) in [5.41, 5.74) is 2.14. The van der Waals surface area contributed by atoms with Crippen molar-refractivity contribution in [2.45, 2.75) is 25.2 Å². The van der Waals surface area contributed by atoms with Crippen molar-refractivity contribution in [1.82, 2.24) is 0 Å². The van der Waals surface area contributed by atoms with Gasteiger partial charge in [0, 0.05) is 11.8 Å². The van der Waals surface area contributed by atoms with Crippen molar-refractivity contribution >= 4 is 21.6 Å². The molecule has 1 aliphatic heterocycles. The summed E-state index contributed by atoms with van der Waals surface area (Å²) in [6.07, 6.45) is 1.25. The fourth-order valence-corrected chi connectivity index (χ4v) is 3.73. The first-order valence-electron chi connectivity index (χ1n) is 8.31. The number of halogens is 1. The van der Waals surface area contributed by atoms with Crippen molar-refractivity contribution in [3.8, 4) is 11.1 Å². The van der Waals surface area contributed by atoms with Crippen LogP contribution in [0.5, 0.6) is 0 Å². The Bertz CT molecular complexity index is 925. The zero-order valence-corrected chi connectivity index (χ0v) is 15.4. The summed E-state index contributed by atoms with van der Waals surface area (Å²) in [4.78, 5) is 13.3. The molecule has 0 radical (unpaired) electrons. The van der Waals surface area contributed by atoms with Crippen molar-refractivity contribution in [2.75, 3.05) is 17.7 Å². The van der Waals surface area contributed by atoms with Crippen LogP contribution < -0.4 is 4.90 Å². The lowest BCUT2D eigenvalue weighted by molar-refractivity contribution is 0.139. The lowest BCUT2D eigenvalue weighted by Gasteiger charge is -2.14. The van der Waals surface area contributed by atoms with E-state index in [1.165, 1.54) is 17.2 Å². The van der Waals surface area contributed by atoms with Gasteiger partial charge in [-0.2, -0.15) is 0 Å². The first-order valence-corrected chi connectivity index (χ1v) is 10.4. The molecule has 0 aromatic heterocycles. The van der Waals surface area contributed by atoms with Crippen LogP contribution >= 0.6 is 0 Å². The van der Waals surface area contributed by atoms with Crippen LogP contribution in [0.2, 0.25) is 0 Å². The summed E-state index contributed by atoms with van der Waals surface area (Å²) in [5, 5.41) is 0. The third-order valence-electron chi connectivity index (χ3n) is 4.29. The second-order valence-electron chi connectivity index (χ2n) is 6.46. The maximum atomic E-state index is 14.6. The van der Waals surface area contributed by atoms with Gasteiger partial charge >= 0.3 is 6.09 Å². The smallest absolute Gasteiger partial charge is 0.414 e. The third-order valence-corrected chi connectivity index (χ3v) is 5.15. The normalized spacial score (nSPS) is 17.4. The van der Waals surface area contributed by atoms with Crippen molar-refractivity contribution in [3.05, 3.63) is 53.8 Å². The molecule has 0 spiro atoms. The van der Waals surface area contributed by atoms with Crippen LogP contribution in [0.15, 0.2) is 42.5 Å². The van der Waals surface area contributed by atoms with E-state index in [0.29, 0.717) is 35.3 Å². The molecule has 1 fully saturated rings. The van der Waals surface area contributed by atoms with E-state index in [9.17, 15) is 17.6 Å². The molecule has 2 aromatic carbocycles. The van der Waals surface area contributed by atoms with Gasteiger partial charge in [-0.1, -0.05) is 31.2 Å². The second kappa shape index (κ2) is 7.07. The van der Waals surface area contributed by atoms with Gasteiger partial charge in [-0.15, -0.1) is 0 Å². The van der Waals surface area contributed by atoms with Gasteiger partial charge in [-0.3, -0.25) is 4.90 Å². The molecule has 0 N–H and O–H groups in total. The highest BCUT2D eigenvalue weighted by atomic mass is 32.2. The van der Waals surface area contributed by atoms with Gasteiger partial charge < -0.3 is 4.74 Å². The average molecular weight is 377 g/mol. The lowest BCUT2D eigenvalue weighted by Crippen LogP contribution is -2.24. The zero-order chi connectivity index (χ0) is 18.9. The summed E-state index contributed by atoms with van der Waals surface area (Å²) in [5.74, 6) is -0.504. The van der Waals surface area contributed by atoms with Gasteiger partial charge in [0.05, 0.1) is 18.0 Å². The van der Waals surface area contributed by atoms with Gasteiger partial charge in [0.2, 0.25) is 0 Å². The van der Waals surface area contributed by atoms with Gasteiger partial charge in [0.25, 0.3) is 0 Å². The molecule has 1 aliphatic rings. The number of ether oxygens (including phenoxy) is 1. The number of benzene rings is 2. The Morgan fingerprint density at radius 3 is 2.42 bits per heavy atom. The summed E-state index contributed by atoms with van der Waals surface area (Å²) < 4.78 is 42.5. The highest BCUT2D eigenvalue weighted by Gasteiger charge is 2.31. The van der Waals surface area contributed by atoms with Crippen LogP contribution in [0.1, 0.15) is 18.9 Å². The standard InChI is InChI=1S/C19H20FNO4S/c1-3-16-11-21(19(22)25-16)15-8-9-17(18(20)10-15)14-6-4-13(5-7-14)12-26(2,23)24/h4-10,16H,3,11-12H2,1-2H3. The predicted molar refractivity (Wildman–Crippen MR) is 98.3 cm³/mol. The number of carbonyl (C=O) groups excluding carboxylic acids is 1. The number of nitrogens with zero attached hydrogens (tertiary/aromatic N) is 1. The maximum absolute atomic E-state index is 14.6. The van der Waals surface area contributed by atoms with Gasteiger partial charge in [-0.05, 0) is 35.7 Å². The minimum Gasteiger partial charge on any atom is -0.444 e. The van der Waals surface area contributed by atoms with Crippen LogP contribution in [-0.2, 0) is 20.3 Å². The fourth-order valence-electron chi connectivity index (χ4n) is 2.93. The van der Waals surface area contributed by atoms with Gasteiger partial charge in [0.15, 0.2) is 9.84 Å². The molecule has 1 amide bonds. The van der Waals surface area contributed by atoms with E-state index >= 15 is 0 Å². The molecule has 3 rings (SSSR count). The first-order chi connectivity index (χ1) is 12.3. The van der Waals surface area contributed by atoms with E-state index < -0.39 is 21.7 Å². The Kier molecular flexibility index (Phi) is 5.00. The van der Waals surface area contributed by atoms with Gasteiger partial charge in [-0.25, -0.2) is 17.6 Å². The number of hydrogen-bond acceptors (Lipinski definition) is 4. The lowest BCUT2D eigenvalue weighted by atomic mass is 10.0. The Labute approximate surface area is 152 Å². The monoisotopic (exact) mass is 377 g/mol. The number of hydrogen-bond donors (Lipinski definition) is 0. The van der Waals surface area contributed by atoms with Crippen LogP contribution in [0, 0.1) is 5.82 Å². The topological polar surface area (TPSA) is 63.7 Å². The first kappa shape index (κ1) is 18.4. The molecular formula is C19H20FNO4S. The third kappa shape index (κ3) is 4.04. The number of amides is 1. The average Bonchev–Trinajstić information content (AvgIpc) is 2.95. The van der Waals surface area contributed by atoms with E-state index in [0.717, 1.165) is 0 Å². The van der Waals surface area contributed by atoms with Crippen molar-refractivity contribution < 1.29 is 22.3 Å². The number of anilines is 1. The molecular weight excluding hydrogens is 357 g/mol. The minimum atomic E-state index is -3.11. The molecule has 1 saturated heterocycles. The van der Waals surface area contributed by atoms with Crippen LogP contribution in [0.4, 0.5) is 14.9 Å². The quantitative estimate of drug-likeness (QED) is 0.796. The van der Waals surface area contributed by atoms with Crippen molar-refractivity contribution in [1.29, 1.82) is 0 Å². The molecule has 138 valence electrons. The minimum absolute atomic E-state index is 0.0512. The molecule has 1 heterocycles. The molecule has 26 heavy (non-hydrogen) atoms. The molecule has 2 aromatic rings. The Balaban J connectivity index is 1.83. The molecule has 7 heteroatoms. The molecule has 1 unspecified atom stereocenters. The van der Waals surface area contributed by atoms with Crippen LogP contribution in [-0.4, -0.2) is 33.4 Å². The summed E-state index contributed by atoms with van der Waals surface area (Å²) in [6, 6.07) is 11.3. The number of cyclic esters (lactones) is 1. The summed E-state index contributed by atoms with van der Waals surface area (Å²) in [7, 11) is -3.11. The maximum Gasteiger partial charge on any atom is 0.414 e. The van der Waals surface area contributed by atoms with E-state index in [-0.39, 0.29) is 11.9 Å². The number of carbonyl (C=O) groups is 1. The largest absolute Gasteiger partial charge is 0.444 e. The predicted octanol–water partition coefficient (Wildman–Crippen LogP) is 3.77. The Morgan fingerprint density at radius 1 is 1.19 bits per heavy atom. The molecule has 1 atom stereocenters. The Hall–Kier alpha value is -2.41. The SMILES string of the molecule is CCC1CN(c2ccc(-c3ccc(CS(C)(=O)=O)cc3)c(F)c2)C(=O)O1. The van der Waals surface area contributed by atoms with Crippen molar-refractivity contribution in [3.63, 3.8) is 0 Å². The number of sulfone groups is 1. The number of rotatable bonds is 5. The van der Waals surface area contributed by atoms with E-state index in [2.05, 4.69) is 0 Å². The van der Waals surface area contributed by atoms with E-state index in [1.807, 2.05) is 6.92 Å². The Morgan fingerprint density at radius 2 is 1.88 bits per heavy atom. The second-order valence-corrected chi connectivity index (χ2v) is 8.60. The highest BCUT2D eigenvalue weighted by molar-refractivity contribution is 7.89.